The van der Waals surface area contributed by atoms with Crippen LogP contribution in [-0.2, 0) is 22.6 Å². The summed E-state index contributed by atoms with van der Waals surface area (Å²) in [6.07, 6.45) is 1.99. The monoisotopic (exact) mass is 454 g/mol. The van der Waals surface area contributed by atoms with E-state index in [0.717, 1.165) is 22.8 Å². The predicted octanol–water partition coefficient (Wildman–Crippen LogP) is 0.560. The zero-order valence-corrected chi connectivity index (χ0v) is 18.4. The molecule has 33 heavy (non-hydrogen) atoms. The predicted molar refractivity (Wildman–Crippen MR) is 119 cm³/mol. The van der Waals surface area contributed by atoms with E-state index in [4.69, 9.17) is 20.4 Å². The Morgan fingerprint density at radius 1 is 1.36 bits per heavy atom. The molecule has 3 heterocycles. The number of nitrogens with zero attached hydrogens (tertiary/aromatic N) is 5. The fourth-order valence-corrected chi connectivity index (χ4v) is 3.76. The molecule has 1 amide bonds. The van der Waals surface area contributed by atoms with Crippen LogP contribution in [0.15, 0.2) is 36.7 Å². The summed E-state index contributed by atoms with van der Waals surface area (Å²) in [6, 6.07) is 9.65. The lowest BCUT2D eigenvalue weighted by molar-refractivity contribution is -0.132. The number of rotatable bonds is 7. The Hall–Kier alpha value is -4.22. The second-order valence-electron chi connectivity index (χ2n) is 7.61. The van der Waals surface area contributed by atoms with Crippen LogP contribution in [0, 0.1) is 12.3 Å². The maximum absolute atomic E-state index is 13.2. The van der Waals surface area contributed by atoms with E-state index in [1.54, 1.807) is 7.11 Å². The number of nitrogens with two attached hydrogens (primary N) is 1. The molecule has 1 saturated heterocycles. The molecule has 174 valence electrons. The number of aromatic nitrogens is 5. The average molecular weight is 454 g/mol. The number of nitrogens with one attached hydrogen (secondary N) is 2. The van der Waals surface area contributed by atoms with E-state index in [0.29, 0.717) is 25.3 Å². The number of ether oxygens (including phenoxy) is 1. The Bertz CT molecular complexity index is 1060. The van der Waals surface area contributed by atoms with E-state index in [1.165, 1.54) is 6.33 Å². The quantitative estimate of drug-likeness (QED) is 0.370. The molecule has 12 heteroatoms. The van der Waals surface area contributed by atoms with Crippen molar-refractivity contribution in [2.45, 2.75) is 19.9 Å². The van der Waals surface area contributed by atoms with Gasteiger partial charge in [0.2, 0.25) is 11.9 Å². The molecule has 0 spiro atoms. The van der Waals surface area contributed by atoms with Crippen LogP contribution in [0.3, 0.4) is 0 Å². The minimum atomic E-state index is -0.611. The number of H-pyrrole nitrogens is 1. The highest BCUT2D eigenvalue weighted by Gasteiger charge is 2.49. The van der Waals surface area contributed by atoms with Crippen LogP contribution < -0.4 is 20.7 Å². The van der Waals surface area contributed by atoms with E-state index >= 15 is 0 Å². The van der Waals surface area contributed by atoms with Gasteiger partial charge in [0.1, 0.15) is 23.7 Å². The van der Waals surface area contributed by atoms with Crippen molar-refractivity contribution in [1.29, 1.82) is 0 Å². The van der Waals surface area contributed by atoms with Gasteiger partial charge in [-0.25, -0.2) is 9.97 Å². The van der Waals surface area contributed by atoms with Crippen molar-refractivity contribution < 1.29 is 19.4 Å². The van der Waals surface area contributed by atoms with E-state index in [2.05, 4.69) is 30.5 Å². The van der Waals surface area contributed by atoms with Crippen LogP contribution in [0.1, 0.15) is 17.1 Å². The molecule has 2 aromatic heterocycles. The highest BCUT2D eigenvalue weighted by Crippen LogP contribution is 2.38. The second kappa shape index (κ2) is 10.4. The number of methoxy groups -OCH3 is 1. The number of nitrogen functional groups attached to an aromatic ring is 1. The number of hydrogen-bond donors (Lipinski definition) is 4. The van der Waals surface area contributed by atoms with Gasteiger partial charge in [0.05, 0.1) is 19.1 Å². The van der Waals surface area contributed by atoms with Gasteiger partial charge in [0, 0.05) is 24.8 Å². The van der Waals surface area contributed by atoms with Crippen molar-refractivity contribution in [2.24, 2.45) is 5.41 Å². The van der Waals surface area contributed by atoms with Crippen molar-refractivity contribution >= 4 is 24.1 Å². The molecule has 4 rings (SSSR count). The Balaban J connectivity index is 0.000000968. The minimum absolute atomic E-state index is 0.0447. The molecule has 1 aliphatic heterocycles. The summed E-state index contributed by atoms with van der Waals surface area (Å²) in [6.45, 7) is 2.94. The molecule has 0 saturated carbocycles. The fourth-order valence-electron chi connectivity index (χ4n) is 3.76. The molecular formula is C21H26N8O4. The number of carbonyl (C=O) groups excluding carboxylic acids is 1. The van der Waals surface area contributed by atoms with Gasteiger partial charge in [0.25, 0.3) is 6.47 Å². The summed E-state index contributed by atoms with van der Waals surface area (Å²) >= 11 is 0. The third kappa shape index (κ3) is 5.73. The number of carboxylic acid groups (broad SMARTS) is 1. The first-order valence-corrected chi connectivity index (χ1v) is 10.1. The molecule has 0 bridgehead atoms. The number of amides is 1. The Labute approximate surface area is 190 Å². The summed E-state index contributed by atoms with van der Waals surface area (Å²) < 4.78 is 5.33. The number of aromatic amines is 1. The van der Waals surface area contributed by atoms with E-state index < -0.39 is 5.41 Å². The number of hydrogen-bond acceptors (Lipinski definition) is 9. The molecule has 1 aromatic carbocycles. The topological polar surface area (TPSA) is 172 Å². The summed E-state index contributed by atoms with van der Waals surface area (Å²) in [5.41, 5.74) is 7.01. The number of benzene rings is 1. The van der Waals surface area contributed by atoms with E-state index in [1.807, 2.05) is 42.2 Å². The highest BCUT2D eigenvalue weighted by molar-refractivity contribution is 5.86. The van der Waals surface area contributed by atoms with Crippen molar-refractivity contribution in [2.75, 3.05) is 30.8 Å². The number of anilines is 2. The van der Waals surface area contributed by atoms with Gasteiger partial charge in [0.15, 0.2) is 0 Å². The molecule has 0 aliphatic carbocycles. The first-order chi connectivity index (χ1) is 15.9. The van der Waals surface area contributed by atoms with Crippen molar-refractivity contribution in [3.8, 4) is 5.75 Å². The Morgan fingerprint density at radius 3 is 2.76 bits per heavy atom. The van der Waals surface area contributed by atoms with Gasteiger partial charge < -0.3 is 25.8 Å². The summed E-state index contributed by atoms with van der Waals surface area (Å²) in [5.74, 6) is 2.28. The summed E-state index contributed by atoms with van der Waals surface area (Å²) in [7, 11) is 1.63. The molecule has 0 atom stereocenters. The minimum Gasteiger partial charge on any atom is -0.497 e. The molecule has 0 radical (unpaired) electrons. The third-order valence-corrected chi connectivity index (χ3v) is 5.21. The first-order valence-electron chi connectivity index (χ1n) is 10.1. The fraction of sp³-hybridized carbons (Fsp3) is 0.333. The van der Waals surface area contributed by atoms with Crippen molar-refractivity contribution in [1.82, 2.24) is 30.5 Å². The maximum atomic E-state index is 13.2. The molecule has 5 N–H and O–H groups in total. The van der Waals surface area contributed by atoms with Crippen LogP contribution in [0.25, 0.3) is 0 Å². The average Bonchev–Trinajstić information content (AvgIpc) is 3.28. The summed E-state index contributed by atoms with van der Waals surface area (Å²) in [4.78, 5) is 36.1. The zero-order valence-electron chi connectivity index (χ0n) is 18.4. The SMILES string of the molecule is COc1cccc(CC2(C(=O)NCc3ncn[nH]3)CN(c3cc(C)nc(N)n3)C2)c1.O=CO. The maximum Gasteiger partial charge on any atom is 0.290 e. The van der Waals surface area contributed by atoms with Gasteiger partial charge in [-0.15, -0.1) is 0 Å². The molecule has 3 aromatic rings. The first kappa shape index (κ1) is 23.4. The van der Waals surface area contributed by atoms with E-state index in [-0.39, 0.29) is 24.9 Å². The van der Waals surface area contributed by atoms with Gasteiger partial charge in [-0.1, -0.05) is 12.1 Å². The zero-order chi connectivity index (χ0) is 23.8. The van der Waals surface area contributed by atoms with Crippen LogP contribution >= 0.6 is 0 Å². The van der Waals surface area contributed by atoms with Crippen molar-refractivity contribution in [3.05, 3.63) is 53.7 Å². The van der Waals surface area contributed by atoms with Gasteiger partial charge >= 0.3 is 0 Å². The number of carbonyl (C=O) groups is 2. The molecule has 12 nitrogen and oxygen atoms in total. The normalized spacial score (nSPS) is 13.8. The molecular weight excluding hydrogens is 428 g/mol. The van der Waals surface area contributed by atoms with Crippen LogP contribution in [0.5, 0.6) is 5.75 Å². The third-order valence-electron chi connectivity index (χ3n) is 5.21. The number of aryl methyl sites for hydroxylation is 1. The van der Waals surface area contributed by atoms with Crippen molar-refractivity contribution in [3.63, 3.8) is 0 Å². The lowest BCUT2D eigenvalue weighted by Gasteiger charge is -2.49. The van der Waals surface area contributed by atoms with Gasteiger partial charge in [-0.05, 0) is 31.0 Å². The lowest BCUT2D eigenvalue weighted by atomic mass is 9.73. The summed E-state index contributed by atoms with van der Waals surface area (Å²) in [5, 5.41) is 16.4. The standard InChI is InChI=1S/C20H24N8O2.CH2O2/c1-13-6-17(26-19(21)25-13)28-10-20(11-28,8-14-4-3-5-15(7-14)30-2)18(29)22-9-16-23-12-24-27-16;2-1-3/h3-7,12H,8-11H2,1-2H3,(H,22,29)(H2,21,25,26)(H,23,24,27);1H,(H,2,3). The highest BCUT2D eigenvalue weighted by atomic mass is 16.5. The Morgan fingerprint density at radius 2 is 2.12 bits per heavy atom. The van der Waals surface area contributed by atoms with E-state index in [9.17, 15) is 4.79 Å². The molecule has 1 aliphatic rings. The molecule has 1 fully saturated rings. The van der Waals surface area contributed by atoms with Gasteiger partial charge in [-0.2, -0.15) is 10.1 Å². The molecule has 0 unspecified atom stereocenters. The van der Waals surface area contributed by atoms with Crippen LogP contribution in [0.4, 0.5) is 11.8 Å². The second-order valence-corrected chi connectivity index (χ2v) is 7.61. The largest absolute Gasteiger partial charge is 0.497 e. The Kier molecular flexibility index (Phi) is 7.38. The lowest BCUT2D eigenvalue weighted by Crippen LogP contribution is -2.64. The van der Waals surface area contributed by atoms with Crippen LogP contribution in [0.2, 0.25) is 0 Å². The van der Waals surface area contributed by atoms with Crippen LogP contribution in [-0.4, -0.2) is 62.8 Å². The van der Waals surface area contributed by atoms with Gasteiger partial charge in [-0.3, -0.25) is 14.7 Å². The smallest absolute Gasteiger partial charge is 0.290 e.